The fourth-order valence-corrected chi connectivity index (χ4v) is 2.53. The van der Waals surface area contributed by atoms with E-state index in [1.807, 2.05) is 0 Å². The smallest absolute Gasteiger partial charge is 0.308 e. The molecule has 0 unspecified atom stereocenters. The third-order valence-corrected chi connectivity index (χ3v) is 3.37. The first-order valence-corrected chi connectivity index (χ1v) is 7.26. The fraction of sp³-hybridized carbons (Fsp3) is 0.562. The molecule has 1 aliphatic rings. The first kappa shape index (κ1) is 15.5. The van der Waals surface area contributed by atoms with Crippen LogP contribution < -0.4 is 5.56 Å². The van der Waals surface area contributed by atoms with Gasteiger partial charge in [-0.1, -0.05) is 0 Å². The van der Waals surface area contributed by atoms with Gasteiger partial charge in [0.2, 0.25) is 0 Å². The van der Waals surface area contributed by atoms with E-state index in [1.54, 1.807) is 26.8 Å². The van der Waals surface area contributed by atoms with Gasteiger partial charge in [0.15, 0.2) is 5.78 Å². The van der Waals surface area contributed by atoms with Crippen LogP contribution in [0.4, 0.5) is 0 Å². The third kappa shape index (κ3) is 3.80. The highest BCUT2D eigenvalue weighted by Crippen LogP contribution is 2.20. The molecule has 0 saturated carbocycles. The predicted molar refractivity (Wildman–Crippen MR) is 78.4 cm³/mol. The van der Waals surface area contributed by atoms with Gasteiger partial charge in [-0.05, 0) is 39.7 Å². The maximum absolute atomic E-state index is 12.0. The Labute approximate surface area is 123 Å². The number of esters is 1. The van der Waals surface area contributed by atoms with Crippen LogP contribution >= 0.6 is 0 Å². The number of ether oxygens (including phenoxy) is 1. The first-order chi connectivity index (χ1) is 9.78. The molecule has 5 heteroatoms. The van der Waals surface area contributed by atoms with Crippen molar-refractivity contribution in [1.29, 1.82) is 0 Å². The van der Waals surface area contributed by atoms with Crippen LogP contribution in [0.25, 0.3) is 0 Å². The highest BCUT2D eigenvalue weighted by atomic mass is 16.6. The number of hydrogen-bond acceptors (Lipinski definition) is 4. The predicted octanol–water partition coefficient (Wildman–Crippen LogP) is 2.10. The Morgan fingerprint density at radius 3 is 2.62 bits per heavy atom. The monoisotopic (exact) mass is 291 g/mol. The van der Waals surface area contributed by atoms with Gasteiger partial charge in [-0.25, -0.2) is 0 Å². The van der Waals surface area contributed by atoms with Crippen LogP contribution in [0.15, 0.2) is 16.9 Å². The van der Waals surface area contributed by atoms with E-state index in [4.69, 9.17) is 4.74 Å². The maximum atomic E-state index is 12.0. The quantitative estimate of drug-likeness (QED) is 0.800. The lowest BCUT2D eigenvalue weighted by Gasteiger charge is -2.21. The summed E-state index contributed by atoms with van der Waals surface area (Å²) in [5.41, 5.74) is 0.660. The number of nitrogens with zero attached hydrogens (tertiary/aromatic N) is 1. The molecule has 0 radical (unpaired) electrons. The second-order valence-electron chi connectivity index (χ2n) is 6.30. The van der Waals surface area contributed by atoms with Crippen molar-refractivity contribution in [2.45, 2.75) is 58.6 Å². The van der Waals surface area contributed by atoms with Gasteiger partial charge in [0.25, 0.3) is 5.56 Å². The number of carbonyl (C=O) groups excluding carboxylic acids is 2. The van der Waals surface area contributed by atoms with Crippen molar-refractivity contribution < 1.29 is 14.3 Å². The van der Waals surface area contributed by atoms with Crippen molar-refractivity contribution in [3.8, 4) is 0 Å². The molecule has 21 heavy (non-hydrogen) atoms. The molecule has 1 aromatic rings. The summed E-state index contributed by atoms with van der Waals surface area (Å²) in [5.74, 6) is -0.267. The van der Waals surface area contributed by atoms with Gasteiger partial charge in [0.05, 0.1) is 6.42 Å². The molecule has 0 fully saturated rings. The molecule has 0 atom stereocenters. The second-order valence-corrected chi connectivity index (χ2v) is 6.30. The van der Waals surface area contributed by atoms with E-state index in [-0.39, 0.29) is 30.3 Å². The van der Waals surface area contributed by atoms with Gasteiger partial charge in [0, 0.05) is 30.3 Å². The molecular weight excluding hydrogens is 270 g/mol. The summed E-state index contributed by atoms with van der Waals surface area (Å²) in [6.07, 6.45) is 2.10. The SMILES string of the molecule is CC(C)(C)OC(=O)CCn1c2c(ccc1=O)C(=O)CCC2. The van der Waals surface area contributed by atoms with E-state index in [1.165, 1.54) is 10.6 Å². The van der Waals surface area contributed by atoms with E-state index >= 15 is 0 Å². The number of ketones is 1. The number of aromatic nitrogens is 1. The number of fused-ring (bicyclic) bond motifs is 1. The Bertz CT molecular complexity index is 622. The summed E-state index contributed by atoms with van der Waals surface area (Å²) >= 11 is 0. The highest BCUT2D eigenvalue weighted by molar-refractivity contribution is 5.97. The zero-order chi connectivity index (χ0) is 15.6. The van der Waals surface area contributed by atoms with Gasteiger partial charge < -0.3 is 9.30 Å². The minimum atomic E-state index is -0.534. The Morgan fingerprint density at radius 2 is 1.95 bits per heavy atom. The molecule has 114 valence electrons. The number of carbonyl (C=O) groups is 2. The Kier molecular flexibility index (Phi) is 4.30. The van der Waals surface area contributed by atoms with E-state index in [0.29, 0.717) is 18.4 Å². The molecule has 1 aliphatic carbocycles. The van der Waals surface area contributed by atoms with Crippen molar-refractivity contribution in [1.82, 2.24) is 4.57 Å². The summed E-state index contributed by atoms with van der Waals surface area (Å²) < 4.78 is 6.78. The van der Waals surface area contributed by atoms with Crippen LogP contribution in [-0.4, -0.2) is 21.9 Å². The van der Waals surface area contributed by atoms with Gasteiger partial charge in [-0.2, -0.15) is 0 Å². The number of rotatable bonds is 3. The molecule has 0 aliphatic heterocycles. The molecule has 0 bridgehead atoms. The molecule has 5 nitrogen and oxygen atoms in total. The van der Waals surface area contributed by atoms with Crippen LogP contribution in [0, 0.1) is 0 Å². The topological polar surface area (TPSA) is 65.4 Å². The minimum absolute atomic E-state index is 0.0715. The van der Waals surface area contributed by atoms with Gasteiger partial charge >= 0.3 is 5.97 Å². The molecule has 0 aromatic carbocycles. The van der Waals surface area contributed by atoms with Gasteiger partial charge in [0.1, 0.15) is 5.60 Å². The maximum Gasteiger partial charge on any atom is 0.308 e. The molecule has 2 rings (SSSR count). The standard InChI is InChI=1S/C16H21NO4/c1-16(2,3)21-15(20)9-10-17-12-5-4-6-13(18)11(12)7-8-14(17)19/h7-8H,4-6,9-10H2,1-3H3. The molecule has 0 spiro atoms. The highest BCUT2D eigenvalue weighted by Gasteiger charge is 2.22. The fourth-order valence-electron chi connectivity index (χ4n) is 2.53. The minimum Gasteiger partial charge on any atom is -0.460 e. The van der Waals surface area contributed by atoms with Crippen LogP contribution in [-0.2, 0) is 22.5 Å². The number of hydrogen-bond donors (Lipinski definition) is 0. The Balaban J connectivity index is 2.17. The van der Waals surface area contributed by atoms with Crippen LogP contribution in [0.1, 0.15) is 56.1 Å². The largest absolute Gasteiger partial charge is 0.460 e. The summed E-state index contributed by atoms with van der Waals surface area (Å²) in [7, 11) is 0. The zero-order valence-electron chi connectivity index (χ0n) is 12.8. The summed E-state index contributed by atoms with van der Waals surface area (Å²) in [4.78, 5) is 35.6. The molecule has 0 saturated heterocycles. The van der Waals surface area contributed by atoms with Crippen molar-refractivity contribution in [3.63, 3.8) is 0 Å². The molecule has 1 heterocycles. The normalized spacial score (nSPS) is 14.7. The van der Waals surface area contributed by atoms with Crippen LogP contribution in [0.2, 0.25) is 0 Å². The summed E-state index contributed by atoms with van der Waals surface area (Å²) in [5, 5.41) is 0. The molecule has 0 N–H and O–H groups in total. The number of pyridine rings is 1. The Morgan fingerprint density at radius 1 is 1.24 bits per heavy atom. The number of Topliss-reactive ketones (excluding diaryl/α,β-unsaturated/α-hetero) is 1. The summed E-state index contributed by atoms with van der Waals surface area (Å²) in [6.45, 7) is 5.67. The lowest BCUT2D eigenvalue weighted by atomic mass is 9.94. The van der Waals surface area contributed by atoms with Gasteiger partial charge in [-0.15, -0.1) is 0 Å². The lowest BCUT2D eigenvalue weighted by Crippen LogP contribution is -2.30. The average Bonchev–Trinajstić information content (AvgIpc) is 2.35. The van der Waals surface area contributed by atoms with E-state index in [9.17, 15) is 14.4 Å². The first-order valence-electron chi connectivity index (χ1n) is 7.26. The third-order valence-electron chi connectivity index (χ3n) is 3.37. The van der Waals surface area contributed by atoms with E-state index < -0.39 is 5.60 Å². The molecule has 0 amide bonds. The molecule has 1 aromatic heterocycles. The lowest BCUT2D eigenvalue weighted by molar-refractivity contribution is -0.155. The van der Waals surface area contributed by atoms with Crippen molar-refractivity contribution in [2.24, 2.45) is 0 Å². The van der Waals surface area contributed by atoms with Crippen molar-refractivity contribution in [3.05, 3.63) is 33.7 Å². The van der Waals surface area contributed by atoms with Gasteiger partial charge in [-0.3, -0.25) is 14.4 Å². The van der Waals surface area contributed by atoms with E-state index in [2.05, 4.69) is 0 Å². The average molecular weight is 291 g/mol. The van der Waals surface area contributed by atoms with Crippen LogP contribution in [0.5, 0.6) is 0 Å². The Hall–Kier alpha value is -1.91. The molecular formula is C16H21NO4. The van der Waals surface area contributed by atoms with Crippen LogP contribution in [0.3, 0.4) is 0 Å². The van der Waals surface area contributed by atoms with Crippen molar-refractivity contribution >= 4 is 11.8 Å². The summed E-state index contributed by atoms with van der Waals surface area (Å²) in [6, 6.07) is 3.00. The zero-order valence-corrected chi connectivity index (χ0v) is 12.8. The second kappa shape index (κ2) is 5.84. The van der Waals surface area contributed by atoms with E-state index in [0.717, 1.165) is 12.1 Å². The van der Waals surface area contributed by atoms with Crippen molar-refractivity contribution in [2.75, 3.05) is 0 Å².